The number of benzene rings is 1. The van der Waals surface area contributed by atoms with E-state index in [1.165, 1.54) is 25.7 Å². The van der Waals surface area contributed by atoms with Gasteiger partial charge in [-0.15, -0.1) is 0 Å². The average Bonchev–Trinajstić information content (AvgIpc) is 2.42. The van der Waals surface area contributed by atoms with Crippen molar-refractivity contribution in [3.63, 3.8) is 0 Å². The highest BCUT2D eigenvalue weighted by Gasteiger charge is 2.26. The minimum atomic E-state index is 0.215. The van der Waals surface area contributed by atoms with Crippen LogP contribution in [0.25, 0.3) is 0 Å². The molecule has 1 aromatic carbocycles. The maximum atomic E-state index is 12.5. The van der Waals surface area contributed by atoms with Crippen molar-refractivity contribution >= 4 is 17.4 Å². The summed E-state index contributed by atoms with van der Waals surface area (Å²) in [5, 5.41) is 0.700. The molecule has 0 unspecified atom stereocenters. The maximum Gasteiger partial charge on any atom is 0.165 e. The molecule has 0 amide bonds. The number of carbonyl (C=O) groups is 1. The Morgan fingerprint density at radius 2 is 1.95 bits per heavy atom. The van der Waals surface area contributed by atoms with Gasteiger partial charge in [0.2, 0.25) is 0 Å². The highest BCUT2D eigenvalue weighted by atomic mass is 35.5. The van der Waals surface area contributed by atoms with Crippen molar-refractivity contribution in [2.45, 2.75) is 52.4 Å². The van der Waals surface area contributed by atoms with Crippen LogP contribution in [0.15, 0.2) is 18.2 Å². The molecule has 1 aliphatic carbocycles. The number of ketones is 1. The van der Waals surface area contributed by atoms with E-state index in [9.17, 15) is 4.79 Å². The van der Waals surface area contributed by atoms with E-state index in [2.05, 4.69) is 6.92 Å². The van der Waals surface area contributed by atoms with Gasteiger partial charge in [0, 0.05) is 16.5 Å². The molecule has 0 spiro atoms. The number of halogens is 1. The normalized spacial score (nSPS) is 23.3. The molecule has 0 saturated heterocycles. The van der Waals surface area contributed by atoms with Crippen LogP contribution in [0.3, 0.4) is 0 Å². The molecule has 19 heavy (non-hydrogen) atoms. The zero-order valence-corrected chi connectivity index (χ0v) is 12.7. The van der Waals surface area contributed by atoms with Crippen molar-refractivity contribution in [1.29, 1.82) is 0 Å². The van der Waals surface area contributed by atoms with Crippen molar-refractivity contribution in [3.8, 4) is 0 Å². The van der Waals surface area contributed by atoms with Gasteiger partial charge < -0.3 is 0 Å². The molecule has 0 aromatic heterocycles. The molecule has 1 aromatic rings. The third-order valence-corrected chi connectivity index (χ3v) is 4.78. The van der Waals surface area contributed by atoms with Gasteiger partial charge in [0.05, 0.1) is 0 Å². The van der Waals surface area contributed by atoms with Gasteiger partial charge in [0.25, 0.3) is 0 Å². The molecule has 104 valence electrons. The van der Waals surface area contributed by atoms with E-state index in [0.29, 0.717) is 5.02 Å². The Kier molecular flexibility index (Phi) is 5.04. The Hall–Kier alpha value is -0.820. The Labute approximate surface area is 121 Å². The molecule has 0 N–H and O–H groups in total. The van der Waals surface area contributed by atoms with Crippen LogP contribution in [0.2, 0.25) is 5.02 Å². The highest BCUT2D eigenvalue weighted by molar-refractivity contribution is 6.31. The fourth-order valence-electron chi connectivity index (χ4n) is 3.10. The Bertz CT molecular complexity index is 445. The smallest absolute Gasteiger partial charge is 0.165 e. The molecule has 1 fully saturated rings. The molecule has 0 atom stereocenters. The SMILES string of the molecule is CCCC1CCC(C(=O)c2ccc(C)c(Cl)c2)CC1. The van der Waals surface area contributed by atoms with Crippen LogP contribution in [0.5, 0.6) is 0 Å². The van der Waals surface area contributed by atoms with Crippen LogP contribution in [0.1, 0.15) is 61.4 Å². The third-order valence-electron chi connectivity index (χ3n) is 4.37. The molecule has 0 aliphatic heterocycles. The first-order valence-corrected chi connectivity index (χ1v) is 7.80. The van der Waals surface area contributed by atoms with Crippen molar-refractivity contribution < 1.29 is 4.79 Å². The third kappa shape index (κ3) is 3.60. The van der Waals surface area contributed by atoms with Crippen LogP contribution in [0, 0.1) is 18.8 Å². The number of hydrogen-bond donors (Lipinski definition) is 0. The summed E-state index contributed by atoms with van der Waals surface area (Å²) < 4.78 is 0. The summed E-state index contributed by atoms with van der Waals surface area (Å²) in [4.78, 5) is 12.5. The number of rotatable bonds is 4. The summed E-state index contributed by atoms with van der Waals surface area (Å²) >= 11 is 6.11. The van der Waals surface area contributed by atoms with Gasteiger partial charge >= 0.3 is 0 Å². The molecular formula is C17H23ClO. The van der Waals surface area contributed by atoms with Crippen molar-refractivity contribution in [3.05, 3.63) is 34.3 Å². The van der Waals surface area contributed by atoms with Crippen molar-refractivity contribution in [2.24, 2.45) is 11.8 Å². The van der Waals surface area contributed by atoms with Crippen LogP contribution in [-0.4, -0.2) is 5.78 Å². The molecule has 0 radical (unpaired) electrons. The minimum Gasteiger partial charge on any atom is -0.294 e. The predicted octanol–water partition coefficient (Wildman–Crippen LogP) is 5.44. The number of Topliss-reactive ketones (excluding diaryl/α,β-unsaturated/α-hetero) is 1. The first-order chi connectivity index (χ1) is 9.11. The van der Waals surface area contributed by atoms with Gasteiger partial charge in [-0.2, -0.15) is 0 Å². The standard InChI is InChI=1S/C17H23ClO/c1-3-4-13-6-9-14(10-7-13)17(19)15-8-5-12(2)16(18)11-15/h5,8,11,13-14H,3-4,6-7,9-10H2,1-2H3. The van der Waals surface area contributed by atoms with Gasteiger partial charge in [-0.25, -0.2) is 0 Å². The van der Waals surface area contributed by atoms with Crippen molar-refractivity contribution in [1.82, 2.24) is 0 Å². The monoisotopic (exact) mass is 278 g/mol. The van der Waals surface area contributed by atoms with Gasteiger partial charge in [-0.3, -0.25) is 4.79 Å². The summed E-state index contributed by atoms with van der Waals surface area (Å²) in [5.74, 6) is 1.35. The molecule has 0 heterocycles. The van der Waals surface area contributed by atoms with Crippen LogP contribution >= 0.6 is 11.6 Å². The average molecular weight is 279 g/mol. The molecule has 2 heteroatoms. The molecule has 1 aliphatic rings. The van der Waals surface area contributed by atoms with Gasteiger partial charge in [0.15, 0.2) is 5.78 Å². The van der Waals surface area contributed by atoms with Gasteiger partial charge in [0.1, 0.15) is 0 Å². The number of carbonyl (C=O) groups excluding carboxylic acids is 1. The van der Waals surface area contributed by atoms with Crippen LogP contribution in [-0.2, 0) is 0 Å². The van der Waals surface area contributed by atoms with E-state index in [0.717, 1.165) is 29.9 Å². The second-order valence-corrected chi connectivity index (χ2v) is 6.24. The molecule has 1 nitrogen and oxygen atoms in total. The van der Waals surface area contributed by atoms with E-state index in [-0.39, 0.29) is 11.7 Å². The van der Waals surface area contributed by atoms with Crippen LogP contribution < -0.4 is 0 Å². The second-order valence-electron chi connectivity index (χ2n) is 5.83. The number of hydrogen-bond acceptors (Lipinski definition) is 1. The minimum absolute atomic E-state index is 0.215. The lowest BCUT2D eigenvalue weighted by Crippen LogP contribution is -2.22. The topological polar surface area (TPSA) is 17.1 Å². The number of aryl methyl sites for hydroxylation is 1. The summed E-state index contributed by atoms with van der Waals surface area (Å²) in [5.41, 5.74) is 1.82. The summed E-state index contributed by atoms with van der Waals surface area (Å²) in [6.45, 7) is 4.21. The lowest BCUT2D eigenvalue weighted by Gasteiger charge is -2.27. The largest absolute Gasteiger partial charge is 0.294 e. The van der Waals surface area contributed by atoms with E-state index in [1.54, 1.807) is 0 Å². The first-order valence-electron chi connectivity index (χ1n) is 7.42. The van der Waals surface area contributed by atoms with E-state index >= 15 is 0 Å². The molecule has 0 bridgehead atoms. The lowest BCUT2D eigenvalue weighted by atomic mass is 9.77. The van der Waals surface area contributed by atoms with Crippen molar-refractivity contribution in [2.75, 3.05) is 0 Å². The van der Waals surface area contributed by atoms with Crippen LogP contribution in [0.4, 0.5) is 0 Å². The zero-order valence-electron chi connectivity index (χ0n) is 11.9. The zero-order chi connectivity index (χ0) is 13.8. The maximum absolute atomic E-state index is 12.5. The fraction of sp³-hybridized carbons (Fsp3) is 0.588. The molecular weight excluding hydrogens is 256 g/mol. The summed E-state index contributed by atoms with van der Waals surface area (Å²) in [6, 6.07) is 5.69. The second kappa shape index (κ2) is 6.56. The summed E-state index contributed by atoms with van der Waals surface area (Å²) in [6.07, 6.45) is 7.10. The van der Waals surface area contributed by atoms with Gasteiger partial charge in [-0.1, -0.05) is 43.5 Å². The van der Waals surface area contributed by atoms with E-state index < -0.39 is 0 Å². The molecule has 2 rings (SSSR count). The van der Waals surface area contributed by atoms with E-state index in [4.69, 9.17) is 11.6 Å². The predicted molar refractivity (Wildman–Crippen MR) is 80.9 cm³/mol. The first kappa shape index (κ1) is 14.6. The lowest BCUT2D eigenvalue weighted by molar-refractivity contribution is 0.0870. The Morgan fingerprint density at radius 1 is 1.26 bits per heavy atom. The highest BCUT2D eigenvalue weighted by Crippen LogP contribution is 2.33. The quantitative estimate of drug-likeness (QED) is 0.671. The summed E-state index contributed by atoms with van der Waals surface area (Å²) in [7, 11) is 0. The van der Waals surface area contributed by atoms with Gasteiger partial charge in [-0.05, 0) is 50.2 Å². The Morgan fingerprint density at radius 3 is 2.53 bits per heavy atom. The van der Waals surface area contributed by atoms with E-state index in [1.807, 2.05) is 25.1 Å². The Balaban J connectivity index is 1.99. The molecule has 1 saturated carbocycles. The fourth-order valence-corrected chi connectivity index (χ4v) is 3.28.